The van der Waals surface area contributed by atoms with Crippen LogP contribution in [0.3, 0.4) is 0 Å². The lowest BCUT2D eigenvalue weighted by atomic mass is 9.91. The molecule has 0 aromatic heterocycles. The molecule has 0 bridgehead atoms. The van der Waals surface area contributed by atoms with Crippen molar-refractivity contribution in [2.24, 2.45) is 5.73 Å². The zero-order valence-electron chi connectivity index (χ0n) is 12.7. The quantitative estimate of drug-likeness (QED) is 0.865. The largest absolute Gasteiger partial charge is 0.493 e. The Hall–Kier alpha value is -1.75. The van der Waals surface area contributed by atoms with E-state index in [4.69, 9.17) is 15.2 Å². The Kier molecular flexibility index (Phi) is 5.44. The predicted octanol–water partition coefficient (Wildman–Crippen LogP) is 1.63. The standard InChI is InChI=1S/C16H24N2O3/c1-20-14-8-7-11(9-15(14)21-2)10-16(19)18-13-6-4-3-5-12(13)17/h7-9,12-13H,3-6,10,17H2,1-2H3,(H,18,19)/t12-,13-/m1/s1. The second kappa shape index (κ2) is 7.31. The van der Waals surface area contributed by atoms with E-state index in [9.17, 15) is 4.79 Å². The molecule has 0 aliphatic heterocycles. The second-order valence-corrected chi connectivity index (χ2v) is 5.49. The van der Waals surface area contributed by atoms with Crippen LogP contribution < -0.4 is 20.5 Å². The highest BCUT2D eigenvalue weighted by atomic mass is 16.5. The number of nitrogens with two attached hydrogens (primary N) is 1. The van der Waals surface area contributed by atoms with Crippen molar-refractivity contribution in [3.05, 3.63) is 23.8 Å². The molecule has 0 unspecified atom stereocenters. The van der Waals surface area contributed by atoms with E-state index in [1.54, 1.807) is 14.2 Å². The third-order valence-corrected chi connectivity index (χ3v) is 3.98. The summed E-state index contributed by atoms with van der Waals surface area (Å²) < 4.78 is 10.4. The van der Waals surface area contributed by atoms with Crippen LogP contribution >= 0.6 is 0 Å². The maximum absolute atomic E-state index is 12.1. The van der Waals surface area contributed by atoms with Crippen molar-refractivity contribution >= 4 is 5.91 Å². The van der Waals surface area contributed by atoms with Gasteiger partial charge in [0, 0.05) is 12.1 Å². The van der Waals surface area contributed by atoms with E-state index in [1.165, 1.54) is 0 Å². The van der Waals surface area contributed by atoms with Crippen LogP contribution in [0.25, 0.3) is 0 Å². The Morgan fingerprint density at radius 3 is 2.62 bits per heavy atom. The van der Waals surface area contributed by atoms with Crippen LogP contribution in [0, 0.1) is 0 Å². The number of hydrogen-bond acceptors (Lipinski definition) is 4. The first-order valence-corrected chi connectivity index (χ1v) is 7.40. The summed E-state index contributed by atoms with van der Waals surface area (Å²) in [7, 11) is 3.18. The van der Waals surface area contributed by atoms with Gasteiger partial charge in [-0.3, -0.25) is 4.79 Å². The molecule has 1 aliphatic carbocycles. The van der Waals surface area contributed by atoms with Crippen LogP contribution in [-0.2, 0) is 11.2 Å². The zero-order valence-corrected chi connectivity index (χ0v) is 12.7. The molecule has 2 atom stereocenters. The van der Waals surface area contributed by atoms with E-state index in [2.05, 4.69) is 5.32 Å². The molecule has 1 aromatic rings. The van der Waals surface area contributed by atoms with Gasteiger partial charge in [0.2, 0.25) is 5.91 Å². The molecule has 1 aliphatic rings. The van der Waals surface area contributed by atoms with Gasteiger partial charge >= 0.3 is 0 Å². The lowest BCUT2D eigenvalue weighted by Crippen LogP contribution is -2.49. The molecule has 5 nitrogen and oxygen atoms in total. The van der Waals surface area contributed by atoms with E-state index < -0.39 is 0 Å². The van der Waals surface area contributed by atoms with Gasteiger partial charge in [0.25, 0.3) is 0 Å². The fraction of sp³-hybridized carbons (Fsp3) is 0.562. The average molecular weight is 292 g/mol. The number of carbonyl (C=O) groups excluding carboxylic acids is 1. The molecular weight excluding hydrogens is 268 g/mol. The summed E-state index contributed by atoms with van der Waals surface area (Å²) in [5.74, 6) is 1.30. The Morgan fingerprint density at radius 2 is 1.95 bits per heavy atom. The SMILES string of the molecule is COc1ccc(CC(=O)N[C@@H]2CCCC[C@H]2N)cc1OC. The summed E-state index contributed by atoms with van der Waals surface area (Å²) in [5, 5.41) is 3.05. The predicted molar refractivity (Wildman–Crippen MR) is 81.6 cm³/mol. The molecule has 116 valence electrons. The van der Waals surface area contributed by atoms with Gasteiger partial charge in [0.05, 0.1) is 20.6 Å². The van der Waals surface area contributed by atoms with Crippen molar-refractivity contribution in [1.29, 1.82) is 0 Å². The smallest absolute Gasteiger partial charge is 0.224 e. The fourth-order valence-electron chi connectivity index (χ4n) is 2.77. The summed E-state index contributed by atoms with van der Waals surface area (Å²) in [4.78, 5) is 12.1. The van der Waals surface area contributed by atoms with Gasteiger partial charge in [-0.15, -0.1) is 0 Å². The molecule has 1 saturated carbocycles. The van der Waals surface area contributed by atoms with Crippen molar-refractivity contribution in [3.63, 3.8) is 0 Å². The highest BCUT2D eigenvalue weighted by Gasteiger charge is 2.23. The molecule has 1 aromatic carbocycles. The lowest BCUT2D eigenvalue weighted by molar-refractivity contribution is -0.121. The third-order valence-electron chi connectivity index (χ3n) is 3.98. The molecule has 3 N–H and O–H groups in total. The van der Waals surface area contributed by atoms with Crippen molar-refractivity contribution < 1.29 is 14.3 Å². The normalized spacial score (nSPS) is 21.7. The van der Waals surface area contributed by atoms with E-state index >= 15 is 0 Å². The van der Waals surface area contributed by atoms with Gasteiger partial charge in [-0.1, -0.05) is 18.9 Å². The van der Waals surface area contributed by atoms with E-state index in [1.807, 2.05) is 18.2 Å². The van der Waals surface area contributed by atoms with Crippen LogP contribution in [0.1, 0.15) is 31.2 Å². The average Bonchev–Trinajstić information content (AvgIpc) is 2.49. The lowest BCUT2D eigenvalue weighted by Gasteiger charge is -2.29. The molecule has 1 fully saturated rings. The van der Waals surface area contributed by atoms with Gasteiger partial charge < -0.3 is 20.5 Å². The van der Waals surface area contributed by atoms with E-state index in [0.29, 0.717) is 17.9 Å². The van der Waals surface area contributed by atoms with Crippen molar-refractivity contribution in [3.8, 4) is 11.5 Å². The van der Waals surface area contributed by atoms with Gasteiger partial charge in [-0.2, -0.15) is 0 Å². The Labute approximate surface area is 125 Å². The van der Waals surface area contributed by atoms with Crippen LogP contribution in [0.2, 0.25) is 0 Å². The number of rotatable bonds is 5. The van der Waals surface area contributed by atoms with Gasteiger partial charge in [0.15, 0.2) is 11.5 Å². The number of ether oxygens (including phenoxy) is 2. The molecule has 0 heterocycles. The number of methoxy groups -OCH3 is 2. The first kappa shape index (κ1) is 15.6. The number of nitrogens with one attached hydrogen (secondary N) is 1. The van der Waals surface area contributed by atoms with Gasteiger partial charge in [-0.25, -0.2) is 0 Å². The van der Waals surface area contributed by atoms with E-state index in [0.717, 1.165) is 31.2 Å². The van der Waals surface area contributed by atoms with Gasteiger partial charge in [0.1, 0.15) is 0 Å². The summed E-state index contributed by atoms with van der Waals surface area (Å²) >= 11 is 0. The maximum atomic E-state index is 12.1. The number of amides is 1. The molecule has 1 amide bonds. The summed E-state index contributed by atoms with van der Waals surface area (Å²) in [6.45, 7) is 0. The molecule has 0 saturated heterocycles. The highest BCUT2D eigenvalue weighted by Crippen LogP contribution is 2.27. The molecule has 21 heavy (non-hydrogen) atoms. The second-order valence-electron chi connectivity index (χ2n) is 5.49. The number of hydrogen-bond donors (Lipinski definition) is 2. The first-order chi connectivity index (χ1) is 10.1. The third kappa shape index (κ3) is 4.11. The molecule has 2 rings (SSSR count). The fourth-order valence-corrected chi connectivity index (χ4v) is 2.77. The van der Waals surface area contributed by atoms with Crippen LogP contribution in [-0.4, -0.2) is 32.2 Å². The van der Waals surface area contributed by atoms with Crippen LogP contribution in [0.4, 0.5) is 0 Å². The van der Waals surface area contributed by atoms with Crippen molar-refractivity contribution in [2.75, 3.05) is 14.2 Å². The monoisotopic (exact) mass is 292 g/mol. The summed E-state index contributed by atoms with van der Waals surface area (Å²) in [6, 6.07) is 5.70. The minimum absolute atomic E-state index is 0.00423. The molecule has 0 radical (unpaired) electrons. The molecule has 5 heteroatoms. The maximum Gasteiger partial charge on any atom is 0.224 e. The van der Waals surface area contributed by atoms with Crippen LogP contribution in [0.5, 0.6) is 11.5 Å². The number of benzene rings is 1. The Bertz CT molecular complexity index is 490. The topological polar surface area (TPSA) is 73.6 Å². The summed E-state index contributed by atoms with van der Waals surface area (Å²) in [6.07, 6.45) is 4.57. The van der Waals surface area contributed by atoms with Crippen LogP contribution in [0.15, 0.2) is 18.2 Å². The minimum atomic E-state index is 0.00423. The van der Waals surface area contributed by atoms with Crippen molar-refractivity contribution in [2.45, 2.75) is 44.2 Å². The number of carbonyl (C=O) groups is 1. The van der Waals surface area contributed by atoms with Gasteiger partial charge in [-0.05, 0) is 30.5 Å². The highest BCUT2D eigenvalue weighted by molar-refractivity contribution is 5.79. The molecular formula is C16H24N2O3. The van der Waals surface area contributed by atoms with Crippen molar-refractivity contribution in [1.82, 2.24) is 5.32 Å². The Balaban J connectivity index is 1.96. The zero-order chi connectivity index (χ0) is 15.2. The van der Waals surface area contributed by atoms with E-state index in [-0.39, 0.29) is 18.0 Å². The first-order valence-electron chi connectivity index (χ1n) is 7.40. The molecule has 0 spiro atoms. The minimum Gasteiger partial charge on any atom is -0.493 e. The Morgan fingerprint density at radius 1 is 1.24 bits per heavy atom. The summed E-state index contributed by atoms with van der Waals surface area (Å²) in [5.41, 5.74) is 6.95.